The number of nitrogens with one attached hydrogen (secondary N) is 1. The van der Waals surface area contributed by atoms with Crippen molar-refractivity contribution in [2.24, 2.45) is 0 Å². The number of ether oxygens (including phenoxy) is 1. The molecule has 2 unspecified atom stereocenters. The van der Waals surface area contributed by atoms with Gasteiger partial charge < -0.3 is 4.74 Å². The molecule has 1 N–H and O–H groups in total. The van der Waals surface area contributed by atoms with Crippen LogP contribution in [0, 0.1) is 0 Å². The maximum Gasteiger partial charge on any atom is 0.209 e. The number of sulfonamides is 1. The van der Waals surface area contributed by atoms with Gasteiger partial charge in [0.15, 0.2) is 0 Å². The first kappa shape index (κ1) is 12.6. The van der Waals surface area contributed by atoms with Crippen LogP contribution >= 0.6 is 22.9 Å². The molecule has 84 valence electrons. The molecule has 1 heterocycles. The summed E-state index contributed by atoms with van der Waals surface area (Å²) in [7, 11) is -1.53. The monoisotopic (exact) mass is 334 g/mol. The molecule has 1 aliphatic rings. The fraction of sp³-hybridized carbons (Fsp3) is 1.00. The second-order valence-corrected chi connectivity index (χ2v) is 6.57. The zero-order valence-electron chi connectivity index (χ0n) is 8.23. The molecule has 0 spiro atoms. The third-order valence-corrected chi connectivity index (χ3v) is 3.79. The molecule has 0 aliphatic carbocycles. The van der Waals surface area contributed by atoms with Crippen LogP contribution in [0.15, 0.2) is 0 Å². The molecule has 0 saturated carbocycles. The molecular formula is C7H15IN2O3S. The molecule has 1 aliphatic heterocycles. The maximum absolute atomic E-state index is 11.1. The van der Waals surface area contributed by atoms with E-state index >= 15 is 0 Å². The van der Waals surface area contributed by atoms with Gasteiger partial charge in [-0.05, 0) is 6.42 Å². The van der Waals surface area contributed by atoms with E-state index < -0.39 is 10.0 Å². The minimum absolute atomic E-state index is 0.0598. The number of nitrogens with zero attached hydrogens (tertiary/aromatic N) is 1. The smallest absolute Gasteiger partial charge is 0.209 e. The summed E-state index contributed by atoms with van der Waals surface area (Å²) in [6.07, 6.45) is 1.90. The molecule has 1 saturated heterocycles. The second-order valence-electron chi connectivity index (χ2n) is 3.43. The second kappa shape index (κ2) is 5.06. The van der Waals surface area contributed by atoms with Crippen molar-refractivity contribution in [2.45, 2.75) is 18.6 Å². The van der Waals surface area contributed by atoms with Gasteiger partial charge >= 0.3 is 0 Å². The van der Waals surface area contributed by atoms with Crippen molar-refractivity contribution in [3.05, 3.63) is 0 Å². The van der Waals surface area contributed by atoms with Crippen molar-refractivity contribution >= 4 is 32.9 Å². The predicted octanol–water partition coefficient (Wildman–Crippen LogP) is -0.0251. The topological polar surface area (TPSA) is 58.6 Å². The number of piperidine rings is 1. The number of rotatable bonds is 3. The van der Waals surface area contributed by atoms with Crippen molar-refractivity contribution < 1.29 is 13.2 Å². The summed E-state index contributed by atoms with van der Waals surface area (Å²) in [5.41, 5.74) is 0. The van der Waals surface area contributed by atoms with Crippen molar-refractivity contribution in [1.82, 2.24) is 7.84 Å². The van der Waals surface area contributed by atoms with Gasteiger partial charge in [-0.3, -0.25) is 0 Å². The summed E-state index contributed by atoms with van der Waals surface area (Å²) in [5.74, 6) is 0. The summed E-state index contributed by atoms with van der Waals surface area (Å²) in [4.78, 5) is 0. The van der Waals surface area contributed by atoms with E-state index in [4.69, 9.17) is 4.74 Å². The Morgan fingerprint density at radius 1 is 1.57 bits per heavy atom. The van der Waals surface area contributed by atoms with Crippen molar-refractivity contribution in [1.29, 1.82) is 0 Å². The molecule has 0 aromatic heterocycles. The summed E-state index contributed by atoms with van der Waals surface area (Å²) < 4.78 is 32.1. The lowest BCUT2D eigenvalue weighted by Crippen LogP contribution is -2.52. The van der Waals surface area contributed by atoms with Gasteiger partial charge in [-0.1, -0.05) is 0 Å². The average Bonchev–Trinajstić information content (AvgIpc) is 2.06. The van der Waals surface area contributed by atoms with Crippen LogP contribution in [0.4, 0.5) is 0 Å². The zero-order chi connectivity index (χ0) is 10.8. The highest BCUT2D eigenvalue weighted by molar-refractivity contribution is 14.1. The van der Waals surface area contributed by atoms with Crippen LogP contribution in [0.25, 0.3) is 0 Å². The zero-order valence-corrected chi connectivity index (χ0v) is 11.2. The van der Waals surface area contributed by atoms with Crippen molar-refractivity contribution in [3.8, 4) is 0 Å². The van der Waals surface area contributed by atoms with Crippen LogP contribution in [0.5, 0.6) is 0 Å². The quantitative estimate of drug-likeness (QED) is 0.582. The van der Waals surface area contributed by atoms with E-state index in [0.29, 0.717) is 0 Å². The van der Waals surface area contributed by atoms with E-state index in [1.807, 2.05) is 0 Å². The summed E-state index contributed by atoms with van der Waals surface area (Å²) in [6, 6.07) is -0.0963. The molecule has 0 aromatic carbocycles. The van der Waals surface area contributed by atoms with Crippen LogP contribution in [0.3, 0.4) is 0 Å². The standard InChI is InChI=1S/C7H15IN2O3S/c1-13-7-5-10(8)4-3-6(7)9-14(2,11)12/h6-7,9H,3-5H2,1-2H3. The molecule has 0 radical (unpaired) electrons. The normalized spacial score (nSPS) is 30.5. The number of hydrogen-bond donors (Lipinski definition) is 1. The molecule has 1 rings (SSSR count). The Hall–Kier alpha value is 0.560. The number of halogens is 1. The van der Waals surface area contributed by atoms with Gasteiger partial charge in [0.05, 0.1) is 18.4 Å². The lowest BCUT2D eigenvalue weighted by Gasteiger charge is -2.34. The molecule has 14 heavy (non-hydrogen) atoms. The predicted molar refractivity (Wildman–Crippen MR) is 62.8 cm³/mol. The van der Waals surface area contributed by atoms with Crippen LogP contribution in [-0.4, -0.2) is 50.1 Å². The lowest BCUT2D eigenvalue weighted by atomic mass is 10.1. The van der Waals surface area contributed by atoms with E-state index in [2.05, 4.69) is 30.7 Å². The molecule has 0 bridgehead atoms. The Balaban J connectivity index is 2.59. The first-order valence-corrected chi connectivity index (χ1v) is 7.19. The lowest BCUT2D eigenvalue weighted by molar-refractivity contribution is 0.0431. The molecular weight excluding hydrogens is 319 g/mol. The maximum atomic E-state index is 11.1. The van der Waals surface area contributed by atoms with Crippen LogP contribution in [-0.2, 0) is 14.8 Å². The van der Waals surface area contributed by atoms with Crippen LogP contribution in [0.2, 0.25) is 0 Å². The van der Waals surface area contributed by atoms with Crippen LogP contribution in [0.1, 0.15) is 6.42 Å². The van der Waals surface area contributed by atoms with Gasteiger partial charge in [-0.2, -0.15) is 0 Å². The van der Waals surface area contributed by atoms with E-state index in [9.17, 15) is 8.42 Å². The summed E-state index contributed by atoms with van der Waals surface area (Å²) >= 11 is 2.22. The van der Waals surface area contributed by atoms with Gasteiger partial charge in [0, 0.05) is 43.1 Å². The van der Waals surface area contributed by atoms with E-state index in [1.165, 1.54) is 6.26 Å². The Morgan fingerprint density at radius 3 is 2.71 bits per heavy atom. The van der Waals surface area contributed by atoms with Gasteiger partial charge in [-0.15, -0.1) is 0 Å². The first-order valence-electron chi connectivity index (χ1n) is 4.33. The average molecular weight is 334 g/mol. The van der Waals surface area contributed by atoms with E-state index in [1.54, 1.807) is 7.11 Å². The van der Waals surface area contributed by atoms with E-state index in [0.717, 1.165) is 19.5 Å². The third-order valence-electron chi connectivity index (χ3n) is 2.18. The first-order chi connectivity index (χ1) is 6.42. The van der Waals surface area contributed by atoms with Gasteiger partial charge in [-0.25, -0.2) is 16.3 Å². The summed E-state index contributed by atoms with van der Waals surface area (Å²) in [6.45, 7) is 1.64. The summed E-state index contributed by atoms with van der Waals surface area (Å²) in [5, 5.41) is 0. The Kier molecular flexibility index (Phi) is 4.56. The van der Waals surface area contributed by atoms with Gasteiger partial charge in [0.25, 0.3) is 0 Å². The Bertz CT molecular complexity index is 283. The fourth-order valence-corrected chi connectivity index (χ4v) is 3.01. The van der Waals surface area contributed by atoms with Crippen molar-refractivity contribution in [2.75, 3.05) is 26.5 Å². The highest BCUT2D eigenvalue weighted by atomic mass is 127. The minimum Gasteiger partial charge on any atom is -0.378 e. The minimum atomic E-state index is -3.14. The van der Waals surface area contributed by atoms with Gasteiger partial charge in [0.1, 0.15) is 0 Å². The molecule has 0 amide bonds. The number of methoxy groups -OCH3 is 1. The molecule has 2 atom stereocenters. The molecule has 5 nitrogen and oxygen atoms in total. The highest BCUT2D eigenvalue weighted by Crippen LogP contribution is 2.17. The van der Waals surface area contributed by atoms with Crippen LogP contribution < -0.4 is 4.72 Å². The van der Waals surface area contributed by atoms with Gasteiger partial charge in [0.2, 0.25) is 10.0 Å². The fourth-order valence-electron chi connectivity index (χ4n) is 1.53. The Morgan fingerprint density at radius 2 is 2.21 bits per heavy atom. The molecule has 1 fully saturated rings. The number of hydrogen-bond acceptors (Lipinski definition) is 4. The largest absolute Gasteiger partial charge is 0.378 e. The third kappa shape index (κ3) is 3.97. The Labute approximate surface area is 98.7 Å². The SMILES string of the molecule is COC1CN(I)CCC1NS(C)(=O)=O. The van der Waals surface area contributed by atoms with Crippen molar-refractivity contribution in [3.63, 3.8) is 0 Å². The highest BCUT2D eigenvalue weighted by Gasteiger charge is 2.30. The van der Waals surface area contributed by atoms with E-state index in [-0.39, 0.29) is 12.1 Å². The molecule has 0 aromatic rings. The molecule has 7 heteroatoms.